The van der Waals surface area contributed by atoms with Crippen molar-refractivity contribution in [2.45, 2.75) is 38.9 Å². The molecule has 0 radical (unpaired) electrons. The molecule has 2 aromatic heterocycles. The minimum atomic E-state index is -0.308. The second kappa shape index (κ2) is 6.33. The monoisotopic (exact) mass is 318 g/mol. The van der Waals surface area contributed by atoms with Gasteiger partial charge in [-0.2, -0.15) is 5.10 Å². The lowest BCUT2D eigenvalue weighted by molar-refractivity contribution is -0.145. The van der Waals surface area contributed by atoms with Crippen LogP contribution in [0.5, 0.6) is 0 Å². The van der Waals surface area contributed by atoms with Crippen LogP contribution in [0.25, 0.3) is 5.52 Å². The van der Waals surface area contributed by atoms with Crippen LogP contribution in [0.15, 0.2) is 18.5 Å². The molecule has 0 saturated carbocycles. The van der Waals surface area contributed by atoms with Gasteiger partial charge in [-0.25, -0.2) is 9.50 Å². The first kappa shape index (κ1) is 15.4. The molecule has 1 saturated heterocycles. The zero-order valence-electron chi connectivity index (χ0n) is 13.0. The Kier molecular flexibility index (Phi) is 4.24. The van der Waals surface area contributed by atoms with Gasteiger partial charge in [0.25, 0.3) is 0 Å². The number of ether oxygens (including phenoxy) is 2. The normalized spacial score (nSPS) is 20.6. The van der Waals surface area contributed by atoms with Gasteiger partial charge in [-0.3, -0.25) is 9.59 Å². The minimum Gasteiger partial charge on any atom is -0.463 e. The van der Waals surface area contributed by atoms with Crippen molar-refractivity contribution in [2.75, 3.05) is 11.9 Å². The molecule has 8 heteroatoms. The molecule has 2 atom stereocenters. The summed E-state index contributed by atoms with van der Waals surface area (Å²) in [5, 5.41) is 6.93. The van der Waals surface area contributed by atoms with Crippen molar-refractivity contribution in [1.29, 1.82) is 0 Å². The average molecular weight is 318 g/mol. The molecule has 1 aliphatic rings. The van der Waals surface area contributed by atoms with E-state index < -0.39 is 0 Å². The van der Waals surface area contributed by atoms with Crippen LogP contribution in [0.4, 0.5) is 5.82 Å². The van der Waals surface area contributed by atoms with Gasteiger partial charge in [0, 0.05) is 13.8 Å². The first-order chi connectivity index (χ1) is 11.0. The number of rotatable bonds is 4. The van der Waals surface area contributed by atoms with Crippen LogP contribution in [-0.4, -0.2) is 39.2 Å². The molecule has 2 aromatic rings. The maximum Gasteiger partial charge on any atom is 0.302 e. The van der Waals surface area contributed by atoms with Crippen LogP contribution < -0.4 is 5.32 Å². The lowest BCUT2D eigenvalue weighted by Gasteiger charge is -2.13. The Morgan fingerprint density at radius 3 is 2.96 bits per heavy atom. The third-order valence-corrected chi connectivity index (χ3v) is 3.69. The van der Waals surface area contributed by atoms with E-state index in [4.69, 9.17) is 9.47 Å². The Bertz CT molecular complexity index is 742. The molecule has 3 rings (SSSR count). The van der Waals surface area contributed by atoms with Gasteiger partial charge >= 0.3 is 5.97 Å². The summed E-state index contributed by atoms with van der Waals surface area (Å²) in [6, 6.07) is 3.76. The maximum absolute atomic E-state index is 11.2. The van der Waals surface area contributed by atoms with E-state index in [0.717, 1.165) is 18.5 Å². The van der Waals surface area contributed by atoms with E-state index in [2.05, 4.69) is 15.4 Å². The van der Waals surface area contributed by atoms with E-state index in [1.165, 1.54) is 20.2 Å². The van der Waals surface area contributed by atoms with Gasteiger partial charge in [-0.05, 0) is 25.0 Å². The molecule has 8 nitrogen and oxygen atoms in total. The highest BCUT2D eigenvalue weighted by atomic mass is 16.6. The number of anilines is 1. The number of nitrogens with one attached hydrogen (secondary N) is 1. The Balaban J connectivity index is 1.79. The van der Waals surface area contributed by atoms with Crippen molar-refractivity contribution in [3.8, 4) is 0 Å². The molecular weight excluding hydrogens is 300 g/mol. The second-order valence-corrected chi connectivity index (χ2v) is 5.47. The average Bonchev–Trinajstić information content (AvgIpc) is 3.11. The first-order valence-electron chi connectivity index (χ1n) is 7.43. The molecule has 1 aliphatic heterocycles. The van der Waals surface area contributed by atoms with E-state index in [0.29, 0.717) is 11.3 Å². The van der Waals surface area contributed by atoms with Crippen molar-refractivity contribution >= 4 is 23.2 Å². The first-order valence-corrected chi connectivity index (χ1v) is 7.43. The van der Waals surface area contributed by atoms with Crippen molar-refractivity contribution in [2.24, 2.45) is 0 Å². The fourth-order valence-corrected chi connectivity index (χ4v) is 2.72. The summed E-state index contributed by atoms with van der Waals surface area (Å²) >= 11 is 0. The Hall–Kier alpha value is -2.48. The summed E-state index contributed by atoms with van der Waals surface area (Å²) in [5.41, 5.74) is 1.60. The lowest BCUT2D eigenvalue weighted by atomic mass is 10.1. The number of carbonyl (C=O) groups is 2. The van der Waals surface area contributed by atoms with Gasteiger partial charge in [0.05, 0.1) is 11.8 Å². The van der Waals surface area contributed by atoms with Crippen molar-refractivity contribution in [1.82, 2.24) is 14.6 Å². The molecule has 0 aromatic carbocycles. The van der Waals surface area contributed by atoms with Gasteiger partial charge in [0.1, 0.15) is 24.6 Å². The van der Waals surface area contributed by atoms with Crippen molar-refractivity contribution in [3.63, 3.8) is 0 Å². The SMILES string of the molecule is CC(=O)Nc1ncnn2c(C3CCC(COC(C)=O)O3)ccc12. The van der Waals surface area contributed by atoms with Crippen LogP contribution >= 0.6 is 0 Å². The molecule has 0 spiro atoms. The standard InChI is InChI=1S/C15H18N4O4/c1-9(20)18-15-13-5-4-12(19(13)17-8-16-15)14-6-3-11(23-14)7-22-10(2)21/h4-5,8,11,14H,3,6-7H2,1-2H3,(H,16,17,18,20). The smallest absolute Gasteiger partial charge is 0.302 e. The van der Waals surface area contributed by atoms with Crippen LogP contribution in [0.1, 0.15) is 38.5 Å². The van der Waals surface area contributed by atoms with E-state index in [1.807, 2.05) is 12.1 Å². The van der Waals surface area contributed by atoms with Crippen LogP contribution in [0.3, 0.4) is 0 Å². The number of fused-ring (bicyclic) bond motifs is 1. The predicted octanol–water partition coefficient (Wildman–Crippen LogP) is 1.47. The number of nitrogens with zero attached hydrogens (tertiary/aromatic N) is 3. The van der Waals surface area contributed by atoms with Gasteiger partial charge < -0.3 is 14.8 Å². The fourth-order valence-electron chi connectivity index (χ4n) is 2.72. The number of esters is 1. The number of carbonyl (C=O) groups excluding carboxylic acids is 2. The largest absolute Gasteiger partial charge is 0.463 e. The third-order valence-electron chi connectivity index (χ3n) is 3.69. The molecule has 1 N–H and O–H groups in total. The highest BCUT2D eigenvalue weighted by Gasteiger charge is 2.29. The topological polar surface area (TPSA) is 94.8 Å². The van der Waals surface area contributed by atoms with Crippen molar-refractivity contribution in [3.05, 3.63) is 24.2 Å². The zero-order chi connectivity index (χ0) is 16.4. The second-order valence-electron chi connectivity index (χ2n) is 5.47. The minimum absolute atomic E-state index is 0.105. The third kappa shape index (κ3) is 3.31. The highest BCUT2D eigenvalue weighted by molar-refractivity contribution is 5.91. The number of hydrogen-bond acceptors (Lipinski definition) is 6. The van der Waals surface area contributed by atoms with Crippen molar-refractivity contribution < 1.29 is 19.1 Å². The maximum atomic E-state index is 11.2. The molecule has 23 heavy (non-hydrogen) atoms. The summed E-state index contributed by atoms with van der Waals surface area (Å²) in [6.45, 7) is 3.08. The predicted molar refractivity (Wildman–Crippen MR) is 80.8 cm³/mol. The van der Waals surface area contributed by atoms with Crippen LogP contribution in [0, 0.1) is 0 Å². The summed E-state index contributed by atoms with van der Waals surface area (Å²) < 4.78 is 12.7. The molecular formula is C15H18N4O4. The summed E-state index contributed by atoms with van der Waals surface area (Å²) in [7, 11) is 0. The van der Waals surface area contributed by atoms with Crippen LogP contribution in [0.2, 0.25) is 0 Å². The molecule has 122 valence electrons. The number of hydrogen-bond donors (Lipinski definition) is 1. The van der Waals surface area contributed by atoms with E-state index >= 15 is 0 Å². The Labute approximate surface area is 132 Å². The van der Waals surface area contributed by atoms with Gasteiger partial charge in [-0.1, -0.05) is 0 Å². The van der Waals surface area contributed by atoms with E-state index in [9.17, 15) is 9.59 Å². The molecule has 2 unspecified atom stereocenters. The zero-order valence-corrected chi connectivity index (χ0v) is 13.0. The summed E-state index contributed by atoms with van der Waals surface area (Å²) in [6.07, 6.45) is 2.79. The van der Waals surface area contributed by atoms with Gasteiger partial charge in [0.2, 0.25) is 5.91 Å². The summed E-state index contributed by atoms with van der Waals surface area (Å²) in [5.74, 6) is -0.0296. The Morgan fingerprint density at radius 1 is 1.39 bits per heavy atom. The van der Waals surface area contributed by atoms with E-state index in [-0.39, 0.29) is 30.7 Å². The van der Waals surface area contributed by atoms with Crippen LogP contribution in [-0.2, 0) is 19.1 Å². The lowest BCUT2D eigenvalue weighted by Crippen LogP contribution is -2.17. The molecule has 0 bridgehead atoms. The van der Waals surface area contributed by atoms with Gasteiger partial charge in [-0.15, -0.1) is 0 Å². The molecule has 3 heterocycles. The fraction of sp³-hybridized carbons (Fsp3) is 0.467. The number of aromatic nitrogens is 3. The van der Waals surface area contributed by atoms with E-state index in [1.54, 1.807) is 4.52 Å². The number of amides is 1. The molecule has 1 fully saturated rings. The van der Waals surface area contributed by atoms with Gasteiger partial charge in [0.15, 0.2) is 5.82 Å². The molecule has 0 aliphatic carbocycles. The summed E-state index contributed by atoms with van der Waals surface area (Å²) in [4.78, 5) is 26.2. The Morgan fingerprint density at radius 2 is 2.22 bits per heavy atom. The molecule has 1 amide bonds. The quantitative estimate of drug-likeness (QED) is 0.858. The highest BCUT2D eigenvalue weighted by Crippen LogP contribution is 2.34.